The average Bonchev–Trinajstić information content (AvgIpc) is 2.51. The zero-order chi connectivity index (χ0) is 15.0. The van der Waals surface area contributed by atoms with Crippen LogP contribution in [0, 0.1) is 5.92 Å². The smallest absolute Gasteiger partial charge is 0.154 e. The fraction of sp³-hybridized carbons (Fsp3) is 0.765. The molecule has 0 aliphatic heterocycles. The molecule has 1 aliphatic carbocycles. The van der Waals surface area contributed by atoms with E-state index in [0.29, 0.717) is 5.92 Å². The molecule has 0 spiro atoms. The molecule has 0 fully saturated rings. The number of rotatable bonds is 4. The van der Waals surface area contributed by atoms with Gasteiger partial charge in [-0.2, -0.15) is 0 Å². The Morgan fingerprint density at radius 3 is 1.74 bits per heavy atom. The van der Waals surface area contributed by atoms with Gasteiger partial charge in [-0.15, -0.1) is 0 Å². The molecule has 0 aromatic heterocycles. The van der Waals surface area contributed by atoms with E-state index in [1.165, 1.54) is 17.7 Å². The highest BCUT2D eigenvalue weighted by Gasteiger charge is 2.42. The van der Waals surface area contributed by atoms with Gasteiger partial charge in [0, 0.05) is 5.54 Å². The van der Waals surface area contributed by atoms with E-state index in [-0.39, 0.29) is 5.54 Å². The number of nitrogens with one attached hydrogen (secondary N) is 1. The van der Waals surface area contributed by atoms with Crippen LogP contribution in [-0.4, -0.2) is 13.8 Å². The summed E-state index contributed by atoms with van der Waals surface area (Å²) >= 11 is 0. The van der Waals surface area contributed by atoms with Crippen molar-refractivity contribution in [3.8, 4) is 0 Å². The first-order valence-electron chi connectivity index (χ1n) is 7.78. The molecule has 1 unspecified atom stereocenters. The van der Waals surface area contributed by atoms with E-state index in [0.717, 1.165) is 0 Å². The summed E-state index contributed by atoms with van der Waals surface area (Å²) in [5.74, 6) is 0.640. The Morgan fingerprint density at radius 1 is 1.00 bits per heavy atom. The van der Waals surface area contributed by atoms with Crippen LogP contribution in [0.3, 0.4) is 0 Å². The van der Waals surface area contributed by atoms with Crippen LogP contribution in [-0.2, 0) is 0 Å². The number of hydrogen-bond donors (Lipinski definition) is 1. The molecule has 110 valence electrons. The molecule has 0 amide bonds. The van der Waals surface area contributed by atoms with E-state index in [9.17, 15) is 0 Å². The highest BCUT2D eigenvalue weighted by molar-refractivity contribution is 6.84. The Hall–Kier alpha value is -0.343. The predicted molar refractivity (Wildman–Crippen MR) is 89.8 cm³/mol. The fourth-order valence-electron chi connectivity index (χ4n) is 3.73. The van der Waals surface area contributed by atoms with Crippen molar-refractivity contribution in [1.29, 1.82) is 0 Å². The predicted octanol–water partition coefficient (Wildman–Crippen LogP) is 5.20. The van der Waals surface area contributed by atoms with E-state index < -0.39 is 8.24 Å². The normalized spacial score (nSPS) is 21.6. The highest BCUT2D eigenvalue weighted by atomic mass is 28.3. The van der Waals surface area contributed by atoms with E-state index in [1.54, 1.807) is 16.3 Å². The lowest BCUT2D eigenvalue weighted by Crippen LogP contribution is -2.60. The standard InChI is InChI=1S/C17H33NSi/c1-10-19(11-2,18-17(7,8)9)16-14(5)12(3)13(4)15(16)6/h14,18H,10-11H2,1-9H3. The lowest BCUT2D eigenvalue weighted by atomic mass is 10.1. The largest absolute Gasteiger partial charge is 0.329 e. The molecule has 1 rings (SSSR count). The minimum atomic E-state index is -1.57. The van der Waals surface area contributed by atoms with Crippen LogP contribution in [0.1, 0.15) is 62.3 Å². The van der Waals surface area contributed by atoms with Crippen molar-refractivity contribution in [2.24, 2.45) is 5.92 Å². The minimum Gasteiger partial charge on any atom is -0.329 e. The van der Waals surface area contributed by atoms with Crippen molar-refractivity contribution in [2.45, 2.75) is 79.9 Å². The van der Waals surface area contributed by atoms with Gasteiger partial charge in [-0.3, -0.25) is 0 Å². The summed E-state index contributed by atoms with van der Waals surface area (Å²) in [4.78, 5) is 4.07. The second kappa shape index (κ2) is 5.57. The maximum absolute atomic E-state index is 4.07. The average molecular weight is 280 g/mol. The van der Waals surface area contributed by atoms with Crippen molar-refractivity contribution >= 4 is 8.24 Å². The molecule has 19 heavy (non-hydrogen) atoms. The summed E-state index contributed by atoms with van der Waals surface area (Å²) in [6, 6.07) is 2.58. The van der Waals surface area contributed by atoms with Crippen LogP contribution in [0.2, 0.25) is 12.1 Å². The van der Waals surface area contributed by atoms with Crippen molar-refractivity contribution in [1.82, 2.24) is 4.98 Å². The van der Waals surface area contributed by atoms with Crippen LogP contribution in [0.4, 0.5) is 0 Å². The first-order valence-corrected chi connectivity index (χ1v) is 10.2. The van der Waals surface area contributed by atoms with Gasteiger partial charge in [-0.1, -0.05) is 37.1 Å². The molecule has 0 aromatic rings. The third-order valence-electron chi connectivity index (χ3n) is 4.98. The van der Waals surface area contributed by atoms with E-state index in [1.807, 2.05) is 0 Å². The zero-order valence-electron chi connectivity index (χ0n) is 14.5. The Kier molecular flexibility index (Phi) is 4.90. The summed E-state index contributed by atoms with van der Waals surface area (Å²) in [7, 11) is -1.57. The first kappa shape index (κ1) is 16.7. The van der Waals surface area contributed by atoms with Gasteiger partial charge in [-0.05, 0) is 65.1 Å². The van der Waals surface area contributed by atoms with Gasteiger partial charge in [0.2, 0.25) is 0 Å². The van der Waals surface area contributed by atoms with Crippen LogP contribution < -0.4 is 4.98 Å². The summed E-state index contributed by atoms with van der Waals surface area (Å²) in [5.41, 5.74) is 4.91. The molecule has 0 saturated heterocycles. The minimum absolute atomic E-state index is 0.204. The third-order valence-corrected chi connectivity index (χ3v) is 10.5. The lowest BCUT2D eigenvalue weighted by molar-refractivity contribution is 0.507. The fourth-order valence-corrected chi connectivity index (χ4v) is 8.87. The van der Waals surface area contributed by atoms with Gasteiger partial charge in [0.1, 0.15) is 0 Å². The molecule has 1 nitrogen and oxygen atoms in total. The van der Waals surface area contributed by atoms with Gasteiger partial charge in [-0.25, -0.2) is 0 Å². The molecule has 0 radical (unpaired) electrons. The maximum atomic E-state index is 4.07. The number of hydrogen-bond acceptors (Lipinski definition) is 1. The lowest BCUT2D eigenvalue weighted by Gasteiger charge is -2.41. The second-order valence-corrected chi connectivity index (χ2v) is 11.6. The Labute approximate surface area is 121 Å². The Bertz CT molecular complexity index is 405. The monoisotopic (exact) mass is 279 g/mol. The van der Waals surface area contributed by atoms with Gasteiger partial charge in [0.05, 0.1) is 0 Å². The highest BCUT2D eigenvalue weighted by Crippen LogP contribution is 2.43. The van der Waals surface area contributed by atoms with E-state index >= 15 is 0 Å². The van der Waals surface area contributed by atoms with Crippen molar-refractivity contribution < 1.29 is 0 Å². The topological polar surface area (TPSA) is 12.0 Å². The SMILES string of the molecule is CC[Si](CC)(NC(C)(C)C)C1=C(C)C(C)=C(C)C1C. The zero-order valence-corrected chi connectivity index (χ0v) is 15.5. The summed E-state index contributed by atoms with van der Waals surface area (Å²) in [6.07, 6.45) is 0. The molecule has 0 aromatic carbocycles. The summed E-state index contributed by atoms with van der Waals surface area (Å²) in [5, 5.41) is 1.77. The summed E-state index contributed by atoms with van der Waals surface area (Å²) in [6.45, 7) is 21.0. The van der Waals surface area contributed by atoms with E-state index in [4.69, 9.17) is 0 Å². The molecule has 1 N–H and O–H groups in total. The van der Waals surface area contributed by atoms with Gasteiger partial charge in [0.25, 0.3) is 0 Å². The Balaban J connectivity index is 3.30. The maximum Gasteiger partial charge on any atom is 0.154 e. The Morgan fingerprint density at radius 2 is 1.47 bits per heavy atom. The molecule has 1 aliphatic rings. The quantitative estimate of drug-likeness (QED) is 0.697. The molecule has 0 bridgehead atoms. The molecule has 1 atom stereocenters. The second-order valence-electron chi connectivity index (χ2n) is 7.23. The first-order chi connectivity index (χ1) is 8.59. The molecular weight excluding hydrogens is 246 g/mol. The van der Waals surface area contributed by atoms with Crippen molar-refractivity contribution in [3.63, 3.8) is 0 Å². The van der Waals surface area contributed by atoms with Crippen LogP contribution in [0.25, 0.3) is 0 Å². The molecule has 2 heteroatoms. The van der Waals surface area contributed by atoms with Gasteiger partial charge < -0.3 is 4.98 Å². The van der Waals surface area contributed by atoms with E-state index in [2.05, 4.69) is 67.3 Å². The molecule has 0 heterocycles. The van der Waals surface area contributed by atoms with Crippen molar-refractivity contribution in [3.05, 3.63) is 21.9 Å². The van der Waals surface area contributed by atoms with Crippen LogP contribution in [0.5, 0.6) is 0 Å². The number of allylic oxidation sites excluding steroid dienone is 4. The van der Waals surface area contributed by atoms with Gasteiger partial charge >= 0.3 is 0 Å². The summed E-state index contributed by atoms with van der Waals surface area (Å²) < 4.78 is 0. The van der Waals surface area contributed by atoms with Gasteiger partial charge in [0.15, 0.2) is 8.24 Å². The molecule has 0 saturated carbocycles. The van der Waals surface area contributed by atoms with Crippen LogP contribution in [0.15, 0.2) is 21.9 Å². The van der Waals surface area contributed by atoms with Crippen molar-refractivity contribution in [2.75, 3.05) is 0 Å². The van der Waals surface area contributed by atoms with Crippen LogP contribution >= 0.6 is 0 Å². The molecular formula is C17H33NSi. The third kappa shape index (κ3) is 3.05.